The van der Waals surface area contributed by atoms with E-state index in [1.54, 1.807) is 12.1 Å². The molecule has 0 N–H and O–H groups in total. The van der Waals surface area contributed by atoms with E-state index in [1.807, 2.05) is 25.1 Å². The number of hydrogen-bond acceptors (Lipinski definition) is 4. The van der Waals surface area contributed by atoms with Crippen molar-refractivity contribution in [2.75, 3.05) is 24.5 Å². The Bertz CT molecular complexity index is 896. The molecule has 1 amide bonds. The molecule has 1 aromatic heterocycles. The Labute approximate surface area is 170 Å². The Morgan fingerprint density at radius 1 is 1.07 bits per heavy atom. The summed E-state index contributed by atoms with van der Waals surface area (Å²) in [6.45, 7) is 4.36. The number of benzene rings is 1. The second-order valence-electron chi connectivity index (χ2n) is 8.83. The van der Waals surface area contributed by atoms with E-state index in [0.29, 0.717) is 5.92 Å². The summed E-state index contributed by atoms with van der Waals surface area (Å²) < 4.78 is 14.0. The van der Waals surface area contributed by atoms with Gasteiger partial charge in [0.1, 0.15) is 5.82 Å². The van der Waals surface area contributed by atoms with Crippen LogP contribution in [0, 0.1) is 30.5 Å². The van der Waals surface area contributed by atoms with Crippen LogP contribution < -0.4 is 4.90 Å². The minimum atomic E-state index is -0.238. The average molecular weight is 394 g/mol. The maximum atomic E-state index is 14.0. The molecular weight excluding hydrogens is 367 g/mol. The number of hydrogen-bond donors (Lipinski definition) is 0. The first-order chi connectivity index (χ1) is 14.1. The van der Waals surface area contributed by atoms with Crippen molar-refractivity contribution in [3.8, 4) is 0 Å². The van der Waals surface area contributed by atoms with Gasteiger partial charge in [-0.2, -0.15) is 5.10 Å². The fourth-order valence-electron chi connectivity index (χ4n) is 5.54. The maximum Gasteiger partial charge on any atom is 0.226 e. The molecule has 5 rings (SSSR count). The third-order valence-corrected chi connectivity index (χ3v) is 6.95. The van der Waals surface area contributed by atoms with Crippen LogP contribution in [0.2, 0.25) is 0 Å². The molecule has 3 atom stereocenters. The van der Waals surface area contributed by atoms with Gasteiger partial charge in [0.05, 0.1) is 11.7 Å². The van der Waals surface area contributed by atoms with Crippen molar-refractivity contribution in [2.24, 2.45) is 17.8 Å². The van der Waals surface area contributed by atoms with Crippen molar-refractivity contribution in [3.05, 3.63) is 53.5 Å². The van der Waals surface area contributed by atoms with Crippen LogP contribution in [0.3, 0.4) is 0 Å². The molecule has 6 heteroatoms. The van der Waals surface area contributed by atoms with E-state index >= 15 is 0 Å². The first-order valence-corrected chi connectivity index (χ1v) is 10.7. The summed E-state index contributed by atoms with van der Waals surface area (Å²) in [6, 6.07) is 10.7. The standard InChI is InChI=1S/C23H27FN4O/c1-15-9-10-21(26-25-15)27-12-18-13-28(23(29)16-5-2-3-6-16)22(20(18)14-27)17-7-4-8-19(24)11-17/h4,7-11,16,18,20,22H,2-3,5-6,12-14H2,1H3/t18-,20-,22+/m0/s1. The average Bonchev–Trinajstić information content (AvgIpc) is 3.44. The van der Waals surface area contributed by atoms with Crippen LogP contribution in [0.15, 0.2) is 36.4 Å². The summed E-state index contributed by atoms with van der Waals surface area (Å²) in [5.74, 6) is 1.72. The van der Waals surface area contributed by atoms with Gasteiger partial charge in [-0.25, -0.2) is 4.39 Å². The summed E-state index contributed by atoms with van der Waals surface area (Å²) in [4.78, 5) is 17.7. The van der Waals surface area contributed by atoms with Gasteiger partial charge in [-0.15, -0.1) is 5.10 Å². The van der Waals surface area contributed by atoms with Crippen LogP contribution in [0.5, 0.6) is 0 Å². The number of carbonyl (C=O) groups is 1. The fourth-order valence-corrected chi connectivity index (χ4v) is 5.54. The van der Waals surface area contributed by atoms with Gasteiger partial charge in [-0.3, -0.25) is 4.79 Å². The molecular formula is C23H27FN4O. The number of amides is 1. The molecule has 2 aromatic rings. The summed E-state index contributed by atoms with van der Waals surface area (Å²) in [6.07, 6.45) is 4.26. The van der Waals surface area contributed by atoms with Gasteiger partial charge < -0.3 is 9.80 Å². The van der Waals surface area contributed by atoms with Crippen LogP contribution in [0.1, 0.15) is 43.0 Å². The van der Waals surface area contributed by atoms with Crippen molar-refractivity contribution in [3.63, 3.8) is 0 Å². The molecule has 0 spiro atoms. The van der Waals surface area contributed by atoms with Crippen molar-refractivity contribution < 1.29 is 9.18 Å². The molecule has 1 aromatic carbocycles. The Morgan fingerprint density at radius 2 is 1.90 bits per heavy atom. The quantitative estimate of drug-likeness (QED) is 0.796. The van der Waals surface area contributed by atoms with Crippen molar-refractivity contribution in [1.82, 2.24) is 15.1 Å². The third kappa shape index (κ3) is 3.38. The van der Waals surface area contributed by atoms with Gasteiger partial charge in [0.15, 0.2) is 5.82 Å². The molecule has 3 fully saturated rings. The second kappa shape index (κ2) is 7.39. The van der Waals surface area contributed by atoms with Crippen LogP contribution >= 0.6 is 0 Å². The van der Waals surface area contributed by atoms with Crippen LogP contribution in [0.4, 0.5) is 10.2 Å². The van der Waals surface area contributed by atoms with Crippen molar-refractivity contribution in [1.29, 1.82) is 0 Å². The molecule has 1 aliphatic carbocycles. The lowest BCUT2D eigenvalue weighted by Gasteiger charge is -2.32. The van der Waals surface area contributed by atoms with Gasteiger partial charge >= 0.3 is 0 Å². The molecule has 0 radical (unpaired) electrons. The zero-order chi connectivity index (χ0) is 20.0. The Morgan fingerprint density at radius 3 is 2.62 bits per heavy atom. The van der Waals surface area contributed by atoms with Crippen molar-refractivity contribution in [2.45, 2.75) is 38.6 Å². The highest BCUT2D eigenvalue weighted by Gasteiger charge is 2.50. The largest absolute Gasteiger partial charge is 0.354 e. The molecule has 0 unspecified atom stereocenters. The van der Waals surface area contributed by atoms with E-state index in [4.69, 9.17) is 0 Å². The molecule has 152 valence electrons. The van der Waals surface area contributed by atoms with Gasteiger partial charge in [-0.1, -0.05) is 25.0 Å². The van der Waals surface area contributed by atoms with Crippen LogP contribution in [-0.2, 0) is 4.79 Å². The molecule has 2 saturated heterocycles. The first kappa shape index (κ1) is 18.5. The van der Waals surface area contributed by atoms with E-state index in [9.17, 15) is 9.18 Å². The Hall–Kier alpha value is -2.50. The third-order valence-electron chi connectivity index (χ3n) is 6.95. The number of anilines is 1. The molecule has 1 saturated carbocycles. The number of aryl methyl sites for hydroxylation is 1. The van der Waals surface area contributed by atoms with E-state index < -0.39 is 0 Å². The highest BCUT2D eigenvalue weighted by atomic mass is 19.1. The minimum Gasteiger partial charge on any atom is -0.354 e. The van der Waals surface area contributed by atoms with Gasteiger partial charge in [-0.05, 0) is 49.6 Å². The minimum absolute atomic E-state index is 0.0628. The molecule has 2 aliphatic heterocycles. The smallest absolute Gasteiger partial charge is 0.226 e. The maximum absolute atomic E-state index is 14.0. The highest BCUT2D eigenvalue weighted by molar-refractivity contribution is 5.80. The molecule has 3 heterocycles. The highest BCUT2D eigenvalue weighted by Crippen LogP contribution is 2.47. The Kier molecular flexibility index (Phi) is 4.72. The lowest BCUT2D eigenvalue weighted by Crippen LogP contribution is -2.38. The number of fused-ring (bicyclic) bond motifs is 1. The molecule has 29 heavy (non-hydrogen) atoms. The van der Waals surface area contributed by atoms with E-state index in [1.165, 1.54) is 6.07 Å². The monoisotopic (exact) mass is 394 g/mol. The SMILES string of the molecule is Cc1ccc(N2C[C@H]3CN(C(=O)C4CCCC4)[C@H](c4cccc(F)c4)[C@H]3C2)nn1. The lowest BCUT2D eigenvalue weighted by atomic mass is 9.89. The van der Waals surface area contributed by atoms with E-state index in [-0.39, 0.29) is 29.6 Å². The number of carbonyl (C=O) groups excluding carboxylic acids is 1. The molecule has 3 aliphatic rings. The number of likely N-dealkylation sites (tertiary alicyclic amines) is 1. The number of halogens is 1. The first-order valence-electron chi connectivity index (χ1n) is 10.7. The normalized spacial score (nSPS) is 26.9. The van der Waals surface area contributed by atoms with E-state index in [0.717, 1.165) is 62.4 Å². The summed E-state index contributed by atoms with van der Waals surface area (Å²) in [5, 5.41) is 8.55. The second-order valence-corrected chi connectivity index (χ2v) is 8.83. The lowest BCUT2D eigenvalue weighted by molar-refractivity contribution is -0.136. The molecule has 0 bridgehead atoms. The summed E-state index contributed by atoms with van der Waals surface area (Å²) >= 11 is 0. The predicted molar refractivity (Wildman–Crippen MR) is 109 cm³/mol. The number of aromatic nitrogens is 2. The topological polar surface area (TPSA) is 49.3 Å². The van der Waals surface area contributed by atoms with Gasteiger partial charge in [0.2, 0.25) is 5.91 Å². The van der Waals surface area contributed by atoms with Gasteiger partial charge in [0, 0.05) is 37.4 Å². The van der Waals surface area contributed by atoms with E-state index in [2.05, 4.69) is 20.0 Å². The Balaban J connectivity index is 1.44. The zero-order valence-corrected chi connectivity index (χ0v) is 16.8. The summed E-state index contributed by atoms with van der Waals surface area (Å²) in [5.41, 5.74) is 1.82. The zero-order valence-electron chi connectivity index (χ0n) is 16.8. The van der Waals surface area contributed by atoms with Crippen molar-refractivity contribution >= 4 is 11.7 Å². The van der Waals surface area contributed by atoms with Crippen LogP contribution in [0.25, 0.3) is 0 Å². The van der Waals surface area contributed by atoms with Crippen LogP contribution in [-0.4, -0.2) is 40.6 Å². The molecule has 5 nitrogen and oxygen atoms in total. The number of rotatable bonds is 3. The fraction of sp³-hybridized carbons (Fsp3) is 0.522. The summed E-state index contributed by atoms with van der Waals surface area (Å²) in [7, 11) is 0. The van der Waals surface area contributed by atoms with Gasteiger partial charge in [0.25, 0.3) is 0 Å². The number of nitrogens with zero attached hydrogens (tertiary/aromatic N) is 4. The predicted octanol–water partition coefficient (Wildman–Crippen LogP) is 3.75.